The molecule has 0 bridgehead atoms. The number of fused-ring (bicyclic) bond motifs is 1. The Hall–Kier alpha value is -3.20. The Kier molecular flexibility index (Phi) is 3.92. The van der Waals surface area contributed by atoms with E-state index < -0.39 is 23.4 Å². The fourth-order valence-electron chi connectivity index (χ4n) is 2.35. The van der Waals surface area contributed by atoms with Gasteiger partial charge in [0.15, 0.2) is 22.5 Å². The first-order chi connectivity index (χ1) is 12.5. The predicted molar refractivity (Wildman–Crippen MR) is 91.0 cm³/mol. The third-order valence-electron chi connectivity index (χ3n) is 3.57. The highest BCUT2D eigenvalue weighted by molar-refractivity contribution is 7.22. The van der Waals surface area contributed by atoms with E-state index in [1.54, 1.807) is 12.1 Å². The molecule has 1 amide bonds. The van der Waals surface area contributed by atoms with Gasteiger partial charge in [0.2, 0.25) is 0 Å². The summed E-state index contributed by atoms with van der Waals surface area (Å²) in [7, 11) is 0. The Morgan fingerprint density at radius 3 is 2.62 bits per heavy atom. The molecule has 2 heterocycles. The quantitative estimate of drug-likeness (QED) is 0.586. The van der Waals surface area contributed by atoms with Crippen molar-refractivity contribution in [3.8, 4) is 5.69 Å². The molecule has 1 N–H and O–H groups in total. The number of rotatable bonds is 3. The SMILES string of the molecule is O=C(Nc1nc2cc(F)c(F)cc2s1)c1ccn(-c2ccccc2F)n1. The van der Waals surface area contributed by atoms with Crippen LogP contribution in [0.4, 0.5) is 18.3 Å². The van der Waals surface area contributed by atoms with Crippen molar-refractivity contribution in [2.24, 2.45) is 0 Å². The summed E-state index contributed by atoms with van der Waals surface area (Å²) >= 11 is 1.00. The normalized spacial score (nSPS) is 11.0. The van der Waals surface area contributed by atoms with Gasteiger partial charge in [0.05, 0.1) is 10.2 Å². The van der Waals surface area contributed by atoms with E-state index in [0.717, 1.165) is 23.5 Å². The third kappa shape index (κ3) is 2.93. The predicted octanol–water partition coefficient (Wildman–Crippen LogP) is 4.15. The van der Waals surface area contributed by atoms with Gasteiger partial charge in [0.1, 0.15) is 11.5 Å². The third-order valence-corrected chi connectivity index (χ3v) is 4.51. The number of nitrogens with zero attached hydrogens (tertiary/aromatic N) is 3. The van der Waals surface area contributed by atoms with Gasteiger partial charge in [-0.15, -0.1) is 0 Å². The summed E-state index contributed by atoms with van der Waals surface area (Å²) in [6, 6.07) is 9.42. The number of benzene rings is 2. The summed E-state index contributed by atoms with van der Waals surface area (Å²) in [5.74, 6) is -3.04. The molecule has 0 aliphatic carbocycles. The maximum Gasteiger partial charge on any atom is 0.277 e. The van der Waals surface area contributed by atoms with Crippen LogP contribution in [0, 0.1) is 17.5 Å². The fourth-order valence-corrected chi connectivity index (χ4v) is 3.22. The first-order valence-corrected chi connectivity index (χ1v) is 8.20. The number of halogens is 3. The van der Waals surface area contributed by atoms with Gasteiger partial charge in [-0.3, -0.25) is 10.1 Å². The monoisotopic (exact) mass is 374 g/mol. The smallest absolute Gasteiger partial charge is 0.277 e. The molecule has 0 fully saturated rings. The molecule has 0 saturated heterocycles. The number of carbonyl (C=O) groups excluding carboxylic acids is 1. The van der Waals surface area contributed by atoms with Gasteiger partial charge in [-0.1, -0.05) is 23.5 Å². The van der Waals surface area contributed by atoms with E-state index in [9.17, 15) is 18.0 Å². The van der Waals surface area contributed by atoms with Gasteiger partial charge in [0.25, 0.3) is 5.91 Å². The van der Waals surface area contributed by atoms with E-state index in [-0.39, 0.29) is 22.0 Å². The molecule has 2 aromatic carbocycles. The maximum absolute atomic E-state index is 13.8. The number of thiazole rings is 1. The van der Waals surface area contributed by atoms with E-state index >= 15 is 0 Å². The first kappa shape index (κ1) is 16.3. The lowest BCUT2D eigenvalue weighted by molar-refractivity contribution is 0.102. The van der Waals surface area contributed by atoms with Gasteiger partial charge in [-0.25, -0.2) is 22.8 Å². The molecule has 0 saturated carbocycles. The number of hydrogen-bond acceptors (Lipinski definition) is 4. The van der Waals surface area contributed by atoms with Gasteiger partial charge >= 0.3 is 0 Å². The molecule has 4 rings (SSSR count). The fraction of sp³-hybridized carbons (Fsp3) is 0. The molecule has 0 atom stereocenters. The molecule has 0 spiro atoms. The maximum atomic E-state index is 13.8. The Bertz CT molecular complexity index is 1100. The molecule has 0 aliphatic heterocycles. The number of amides is 1. The standard InChI is InChI=1S/C17H9F3N4OS/c18-9-3-1-2-4-14(9)24-6-5-12(23-24)16(25)22-17-21-13-7-10(19)11(20)8-15(13)26-17/h1-8H,(H,21,22,25). The lowest BCUT2D eigenvalue weighted by atomic mass is 10.3. The van der Waals surface area contributed by atoms with E-state index in [1.807, 2.05) is 0 Å². The van der Waals surface area contributed by atoms with E-state index in [2.05, 4.69) is 15.4 Å². The zero-order valence-corrected chi connectivity index (χ0v) is 13.7. The molecule has 0 radical (unpaired) electrons. The van der Waals surface area contributed by atoms with E-state index in [4.69, 9.17) is 0 Å². The molecule has 130 valence electrons. The lowest BCUT2D eigenvalue weighted by Gasteiger charge is -2.02. The van der Waals surface area contributed by atoms with Crippen LogP contribution in [-0.2, 0) is 0 Å². The molecule has 9 heteroatoms. The topological polar surface area (TPSA) is 59.8 Å². The minimum atomic E-state index is -1.01. The minimum absolute atomic E-state index is 0.0462. The van der Waals surface area contributed by atoms with Crippen molar-refractivity contribution in [1.29, 1.82) is 0 Å². The van der Waals surface area contributed by atoms with Gasteiger partial charge in [0, 0.05) is 12.3 Å². The zero-order valence-electron chi connectivity index (χ0n) is 12.9. The van der Waals surface area contributed by atoms with Gasteiger partial charge in [-0.2, -0.15) is 5.10 Å². The molecule has 0 aliphatic rings. The summed E-state index contributed by atoms with van der Waals surface area (Å²) in [4.78, 5) is 16.3. The zero-order chi connectivity index (χ0) is 18.3. The Labute approximate surface area is 148 Å². The molecule has 26 heavy (non-hydrogen) atoms. The molecule has 5 nitrogen and oxygen atoms in total. The second-order valence-corrected chi connectivity index (χ2v) is 6.33. The largest absolute Gasteiger partial charge is 0.296 e. The van der Waals surface area contributed by atoms with Crippen molar-refractivity contribution in [3.05, 3.63) is 71.8 Å². The summed E-state index contributed by atoms with van der Waals surface area (Å²) in [6.45, 7) is 0. The summed E-state index contributed by atoms with van der Waals surface area (Å²) in [5, 5.41) is 6.74. The number of para-hydroxylation sites is 1. The van der Waals surface area contributed by atoms with Crippen molar-refractivity contribution in [3.63, 3.8) is 0 Å². The Morgan fingerprint density at radius 2 is 1.81 bits per heavy atom. The van der Waals surface area contributed by atoms with Crippen LogP contribution in [0.1, 0.15) is 10.5 Å². The number of anilines is 1. The summed E-state index contributed by atoms with van der Waals surface area (Å²) in [5.41, 5.74) is 0.489. The lowest BCUT2D eigenvalue weighted by Crippen LogP contribution is -2.13. The van der Waals surface area contributed by atoms with Crippen molar-refractivity contribution < 1.29 is 18.0 Å². The highest BCUT2D eigenvalue weighted by Gasteiger charge is 2.15. The number of nitrogens with one attached hydrogen (secondary N) is 1. The van der Waals surface area contributed by atoms with Crippen molar-refractivity contribution in [1.82, 2.24) is 14.8 Å². The molecule has 2 aromatic heterocycles. The van der Waals surface area contributed by atoms with Crippen LogP contribution in [0.25, 0.3) is 15.9 Å². The highest BCUT2D eigenvalue weighted by atomic mass is 32.1. The highest BCUT2D eigenvalue weighted by Crippen LogP contribution is 2.28. The van der Waals surface area contributed by atoms with Crippen molar-refractivity contribution >= 4 is 32.6 Å². The number of carbonyl (C=O) groups is 1. The van der Waals surface area contributed by atoms with Crippen LogP contribution in [0.3, 0.4) is 0 Å². The van der Waals surface area contributed by atoms with Crippen LogP contribution in [0.5, 0.6) is 0 Å². The first-order valence-electron chi connectivity index (χ1n) is 7.39. The Balaban J connectivity index is 1.58. The van der Waals surface area contributed by atoms with E-state index in [1.165, 1.54) is 29.1 Å². The van der Waals surface area contributed by atoms with Crippen LogP contribution in [-0.4, -0.2) is 20.7 Å². The van der Waals surface area contributed by atoms with Crippen LogP contribution < -0.4 is 5.32 Å². The van der Waals surface area contributed by atoms with Gasteiger partial charge in [-0.05, 0) is 24.3 Å². The average molecular weight is 374 g/mol. The molecule has 4 aromatic rings. The van der Waals surface area contributed by atoms with Gasteiger partial charge < -0.3 is 0 Å². The van der Waals surface area contributed by atoms with E-state index in [0.29, 0.717) is 4.70 Å². The second kappa shape index (κ2) is 6.26. The number of hydrogen-bond donors (Lipinski definition) is 1. The summed E-state index contributed by atoms with van der Waals surface area (Å²) in [6.07, 6.45) is 1.45. The van der Waals surface area contributed by atoms with Crippen LogP contribution in [0.2, 0.25) is 0 Å². The van der Waals surface area contributed by atoms with Crippen molar-refractivity contribution in [2.45, 2.75) is 0 Å². The summed E-state index contributed by atoms with van der Waals surface area (Å²) < 4.78 is 41.9. The second-order valence-electron chi connectivity index (χ2n) is 5.30. The number of aromatic nitrogens is 3. The van der Waals surface area contributed by atoms with Crippen LogP contribution >= 0.6 is 11.3 Å². The molecular formula is C17H9F3N4OS. The average Bonchev–Trinajstić information content (AvgIpc) is 3.23. The molecule has 0 unspecified atom stereocenters. The van der Waals surface area contributed by atoms with Crippen molar-refractivity contribution in [2.75, 3.05) is 5.32 Å². The Morgan fingerprint density at radius 1 is 1.04 bits per heavy atom. The molecular weight excluding hydrogens is 365 g/mol. The van der Waals surface area contributed by atoms with Crippen LogP contribution in [0.15, 0.2) is 48.7 Å². The minimum Gasteiger partial charge on any atom is -0.296 e.